The molecule has 0 bridgehead atoms. The number of hydrogen-bond donors (Lipinski definition) is 2. The minimum absolute atomic E-state index is 0.00519. The van der Waals surface area contributed by atoms with Crippen LogP contribution >= 0.6 is 11.8 Å². The van der Waals surface area contributed by atoms with E-state index in [0.717, 1.165) is 11.8 Å². The molecule has 1 unspecified atom stereocenters. The molecule has 0 aromatic heterocycles. The summed E-state index contributed by atoms with van der Waals surface area (Å²) < 4.78 is 5.12. The third kappa shape index (κ3) is 6.44. The standard InChI is InChI=1S/C31H37NO6S/c1-9-38-29(37)23(32-17(2)33)16-39-28-24(25(34)19-12-10-11-13-20(19)26(28)35)18-14-21(30(3,4)5)27(36)22(15-18)31(6,7)8/h10-15,23,36H,9,16H2,1-8H3,(H,32,33). The average Bonchev–Trinajstić information content (AvgIpc) is 2.83. The highest BCUT2D eigenvalue weighted by molar-refractivity contribution is 8.04. The molecule has 0 saturated carbocycles. The Bertz CT molecular complexity index is 1320. The summed E-state index contributed by atoms with van der Waals surface area (Å²) in [6, 6.07) is 9.20. The predicted molar refractivity (Wildman–Crippen MR) is 154 cm³/mol. The van der Waals surface area contributed by atoms with Crippen LogP contribution in [0, 0.1) is 0 Å². The lowest BCUT2D eigenvalue weighted by molar-refractivity contribution is -0.146. The Morgan fingerprint density at radius 3 is 1.92 bits per heavy atom. The van der Waals surface area contributed by atoms with E-state index in [1.165, 1.54) is 6.92 Å². The number of fused-ring (bicyclic) bond motifs is 1. The second kappa shape index (κ2) is 11.4. The number of phenols is 1. The smallest absolute Gasteiger partial charge is 0.329 e. The fourth-order valence-electron chi connectivity index (χ4n) is 4.50. The number of amides is 1. The minimum atomic E-state index is -1.00. The zero-order valence-electron chi connectivity index (χ0n) is 23.9. The number of hydrogen-bond acceptors (Lipinski definition) is 7. The molecular formula is C31H37NO6S. The Labute approximate surface area is 234 Å². The van der Waals surface area contributed by atoms with Gasteiger partial charge >= 0.3 is 5.97 Å². The van der Waals surface area contributed by atoms with Crippen LogP contribution in [0.15, 0.2) is 41.3 Å². The summed E-state index contributed by atoms with van der Waals surface area (Å²) in [7, 11) is 0. The lowest BCUT2D eigenvalue weighted by Gasteiger charge is -2.29. The highest BCUT2D eigenvalue weighted by atomic mass is 32.2. The van der Waals surface area contributed by atoms with Crippen molar-refractivity contribution in [1.29, 1.82) is 0 Å². The molecule has 2 aromatic carbocycles. The molecule has 2 N–H and O–H groups in total. The van der Waals surface area contributed by atoms with Gasteiger partial charge < -0.3 is 15.2 Å². The first-order chi connectivity index (χ1) is 18.1. The first-order valence-corrected chi connectivity index (χ1v) is 13.9. The van der Waals surface area contributed by atoms with E-state index in [-0.39, 0.29) is 45.7 Å². The number of carbonyl (C=O) groups excluding carboxylic acids is 4. The maximum Gasteiger partial charge on any atom is 0.329 e. The third-order valence-electron chi connectivity index (χ3n) is 6.43. The van der Waals surface area contributed by atoms with E-state index in [0.29, 0.717) is 22.3 Å². The van der Waals surface area contributed by atoms with Gasteiger partial charge in [0.15, 0.2) is 5.78 Å². The predicted octanol–water partition coefficient (Wildman–Crippen LogP) is 5.58. The van der Waals surface area contributed by atoms with Crippen LogP contribution < -0.4 is 5.32 Å². The van der Waals surface area contributed by atoms with E-state index in [1.54, 1.807) is 43.3 Å². The Morgan fingerprint density at radius 1 is 0.949 bits per heavy atom. The number of phenolic OH excluding ortho intramolecular Hbond substituents is 1. The minimum Gasteiger partial charge on any atom is -0.507 e. The number of Topliss-reactive ketones (excluding diaryl/α,β-unsaturated/α-hetero) is 2. The molecule has 3 rings (SSSR count). The highest BCUT2D eigenvalue weighted by Crippen LogP contribution is 2.44. The molecule has 0 saturated heterocycles. The second-order valence-corrected chi connectivity index (χ2v) is 12.7. The molecule has 1 atom stereocenters. The average molecular weight is 552 g/mol. The first-order valence-electron chi connectivity index (χ1n) is 13.0. The Morgan fingerprint density at radius 2 is 1.46 bits per heavy atom. The summed E-state index contributed by atoms with van der Waals surface area (Å²) >= 11 is 1.04. The first kappa shape index (κ1) is 30.2. The lowest BCUT2D eigenvalue weighted by Crippen LogP contribution is -2.42. The van der Waals surface area contributed by atoms with Gasteiger partial charge in [-0.15, -0.1) is 11.8 Å². The zero-order valence-corrected chi connectivity index (χ0v) is 24.7. The number of benzene rings is 2. The molecule has 208 valence electrons. The lowest BCUT2D eigenvalue weighted by atomic mass is 9.76. The molecular weight excluding hydrogens is 514 g/mol. The number of esters is 1. The monoisotopic (exact) mass is 551 g/mol. The Balaban J connectivity index is 2.27. The summed E-state index contributed by atoms with van der Waals surface area (Å²) in [5.41, 5.74) is 1.73. The molecule has 1 aliphatic carbocycles. The van der Waals surface area contributed by atoms with E-state index in [2.05, 4.69) is 5.32 Å². The summed E-state index contributed by atoms with van der Waals surface area (Å²) in [6.45, 7) is 15.0. The van der Waals surface area contributed by atoms with E-state index in [1.807, 2.05) is 41.5 Å². The number of ether oxygens (including phenoxy) is 1. The van der Waals surface area contributed by atoms with Gasteiger partial charge in [0, 0.05) is 40.5 Å². The van der Waals surface area contributed by atoms with Crippen molar-refractivity contribution in [2.75, 3.05) is 12.4 Å². The SMILES string of the molecule is CCOC(=O)C(CSC1=C(c2cc(C(C)(C)C)c(O)c(C(C)(C)C)c2)C(=O)c2ccccc2C1=O)NC(C)=O. The fourth-order valence-corrected chi connectivity index (χ4v) is 5.65. The molecule has 2 aromatic rings. The summed E-state index contributed by atoms with van der Waals surface area (Å²) in [4.78, 5) is 52.3. The van der Waals surface area contributed by atoms with Crippen LogP contribution in [0.2, 0.25) is 0 Å². The van der Waals surface area contributed by atoms with Gasteiger partial charge in [-0.3, -0.25) is 14.4 Å². The van der Waals surface area contributed by atoms with Crippen molar-refractivity contribution in [1.82, 2.24) is 5.32 Å². The van der Waals surface area contributed by atoms with Gasteiger partial charge in [-0.05, 0) is 35.4 Å². The molecule has 8 heteroatoms. The van der Waals surface area contributed by atoms with E-state index in [4.69, 9.17) is 4.74 Å². The van der Waals surface area contributed by atoms with Crippen molar-refractivity contribution in [2.24, 2.45) is 0 Å². The van der Waals surface area contributed by atoms with Gasteiger partial charge in [-0.25, -0.2) is 4.79 Å². The van der Waals surface area contributed by atoms with Crippen LogP contribution in [0.1, 0.15) is 92.8 Å². The number of nitrogens with one attached hydrogen (secondary N) is 1. The van der Waals surface area contributed by atoms with Crippen molar-refractivity contribution in [3.05, 3.63) is 69.1 Å². The topological polar surface area (TPSA) is 110 Å². The number of aromatic hydroxyl groups is 1. The van der Waals surface area contributed by atoms with Crippen LogP contribution in [-0.4, -0.2) is 47.0 Å². The van der Waals surface area contributed by atoms with Gasteiger partial charge in [0.1, 0.15) is 11.8 Å². The molecule has 0 radical (unpaired) electrons. The van der Waals surface area contributed by atoms with Crippen molar-refractivity contribution >= 4 is 40.8 Å². The molecule has 39 heavy (non-hydrogen) atoms. The summed E-state index contributed by atoms with van der Waals surface area (Å²) in [6.07, 6.45) is 0. The molecule has 1 amide bonds. The fraction of sp³-hybridized carbons (Fsp3) is 0.419. The van der Waals surface area contributed by atoms with Gasteiger partial charge in [0.2, 0.25) is 11.7 Å². The van der Waals surface area contributed by atoms with Crippen molar-refractivity contribution in [3.8, 4) is 5.75 Å². The van der Waals surface area contributed by atoms with Crippen molar-refractivity contribution in [3.63, 3.8) is 0 Å². The van der Waals surface area contributed by atoms with E-state index < -0.39 is 28.7 Å². The van der Waals surface area contributed by atoms with Crippen LogP contribution in [0.5, 0.6) is 5.75 Å². The number of thioether (sulfide) groups is 1. The second-order valence-electron chi connectivity index (χ2n) is 11.6. The maximum absolute atomic E-state index is 14.0. The summed E-state index contributed by atoms with van der Waals surface area (Å²) in [5.74, 6) is -1.52. The molecule has 7 nitrogen and oxygen atoms in total. The largest absolute Gasteiger partial charge is 0.507 e. The molecule has 0 aliphatic heterocycles. The number of carbonyl (C=O) groups is 4. The van der Waals surface area contributed by atoms with Crippen LogP contribution in [0.25, 0.3) is 5.57 Å². The third-order valence-corrected chi connectivity index (χ3v) is 7.61. The molecule has 0 heterocycles. The van der Waals surface area contributed by atoms with Crippen molar-refractivity contribution < 1.29 is 29.0 Å². The number of rotatable bonds is 7. The molecule has 1 aliphatic rings. The molecule has 0 spiro atoms. The Kier molecular flexibility index (Phi) is 8.80. The normalized spacial score (nSPS) is 14.7. The number of allylic oxidation sites excluding steroid dienone is 2. The van der Waals surface area contributed by atoms with Gasteiger partial charge in [0.05, 0.1) is 11.5 Å². The van der Waals surface area contributed by atoms with Crippen molar-refractivity contribution in [2.45, 2.75) is 72.3 Å². The van der Waals surface area contributed by atoms with E-state index in [9.17, 15) is 24.3 Å². The molecule has 0 fully saturated rings. The van der Waals surface area contributed by atoms with E-state index >= 15 is 0 Å². The van der Waals surface area contributed by atoms with Gasteiger partial charge in [-0.2, -0.15) is 0 Å². The summed E-state index contributed by atoms with van der Waals surface area (Å²) in [5, 5.41) is 13.8. The maximum atomic E-state index is 14.0. The zero-order chi connectivity index (χ0) is 29.3. The quantitative estimate of drug-likeness (QED) is 0.433. The van der Waals surface area contributed by atoms with Gasteiger partial charge in [-0.1, -0.05) is 65.8 Å². The van der Waals surface area contributed by atoms with Crippen LogP contribution in [0.3, 0.4) is 0 Å². The van der Waals surface area contributed by atoms with Crippen LogP contribution in [0.4, 0.5) is 0 Å². The van der Waals surface area contributed by atoms with Crippen LogP contribution in [-0.2, 0) is 25.2 Å². The number of ketones is 2. The Hall–Kier alpha value is -3.39. The van der Waals surface area contributed by atoms with Gasteiger partial charge in [0.25, 0.3) is 0 Å². The highest BCUT2D eigenvalue weighted by Gasteiger charge is 2.36.